The zero-order valence-electron chi connectivity index (χ0n) is 12.1. The maximum Gasteiger partial charge on any atom is 0.296 e. The highest BCUT2D eigenvalue weighted by atomic mass is 35.5. The summed E-state index contributed by atoms with van der Waals surface area (Å²) in [6.45, 7) is 0.328. The summed E-state index contributed by atoms with van der Waals surface area (Å²) in [6.07, 6.45) is 1.51. The van der Waals surface area contributed by atoms with Gasteiger partial charge >= 0.3 is 0 Å². The second-order valence-electron chi connectivity index (χ2n) is 4.58. The molecule has 1 amide bonds. The maximum absolute atomic E-state index is 12.1. The van der Waals surface area contributed by atoms with Crippen molar-refractivity contribution in [1.29, 1.82) is 0 Å². The number of amides is 1. The number of benzene rings is 1. The van der Waals surface area contributed by atoms with E-state index >= 15 is 0 Å². The molecule has 0 bridgehead atoms. The molecule has 1 aromatic carbocycles. The molecular weight excluding hydrogens is 371 g/mol. The van der Waals surface area contributed by atoms with Crippen molar-refractivity contribution in [1.82, 2.24) is 15.2 Å². The van der Waals surface area contributed by atoms with Crippen LogP contribution in [0.25, 0.3) is 0 Å². The minimum absolute atomic E-state index is 0.124. The van der Waals surface area contributed by atoms with Gasteiger partial charge in [-0.25, -0.2) is 4.98 Å². The molecule has 0 aliphatic heterocycles. The molecule has 3 rings (SSSR count). The Morgan fingerprint density at radius 1 is 1.17 bits per heavy atom. The van der Waals surface area contributed by atoms with Crippen molar-refractivity contribution in [2.75, 3.05) is 5.32 Å². The van der Waals surface area contributed by atoms with Gasteiger partial charge in [0.15, 0.2) is 0 Å². The van der Waals surface area contributed by atoms with Gasteiger partial charge in [0.1, 0.15) is 11.8 Å². The third-order valence-electron chi connectivity index (χ3n) is 2.91. The number of pyridine rings is 1. The lowest BCUT2D eigenvalue weighted by atomic mass is 10.2. The van der Waals surface area contributed by atoms with Gasteiger partial charge < -0.3 is 4.74 Å². The lowest BCUT2D eigenvalue weighted by molar-refractivity contribution is 0.102. The minimum atomic E-state index is -0.409. The molecule has 0 saturated carbocycles. The van der Waals surface area contributed by atoms with E-state index in [1.807, 2.05) is 12.1 Å². The Hall–Kier alpha value is -2.22. The lowest BCUT2D eigenvalue weighted by Gasteiger charge is -2.02. The van der Waals surface area contributed by atoms with E-state index < -0.39 is 5.91 Å². The van der Waals surface area contributed by atoms with Crippen molar-refractivity contribution in [2.24, 2.45) is 0 Å². The molecule has 1 N–H and O–H groups in total. The lowest BCUT2D eigenvalue weighted by Crippen LogP contribution is -2.12. The molecule has 6 nitrogen and oxygen atoms in total. The topological polar surface area (TPSA) is 77.0 Å². The van der Waals surface area contributed by atoms with E-state index in [9.17, 15) is 4.79 Å². The summed E-state index contributed by atoms with van der Waals surface area (Å²) in [5.41, 5.74) is 1.21. The fourth-order valence-corrected chi connectivity index (χ4v) is 2.69. The maximum atomic E-state index is 12.1. The Morgan fingerprint density at radius 2 is 1.96 bits per heavy atom. The fraction of sp³-hybridized carbons (Fsp3) is 0.0667. The highest BCUT2D eigenvalue weighted by molar-refractivity contribution is 7.17. The van der Waals surface area contributed by atoms with Gasteiger partial charge in [0.2, 0.25) is 5.13 Å². The van der Waals surface area contributed by atoms with Crippen LogP contribution in [0.15, 0.2) is 42.6 Å². The molecule has 0 atom stereocenters. The number of hydrogen-bond acceptors (Lipinski definition) is 6. The van der Waals surface area contributed by atoms with Crippen LogP contribution in [0, 0.1) is 0 Å². The van der Waals surface area contributed by atoms with Gasteiger partial charge in [-0.1, -0.05) is 40.4 Å². The molecule has 0 fully saturated rings. The zero-order chi connectivity index (χ0) is 16.9. The van der Waals surface area contributed by atoms with Crippen molar-refractivity contribution in [3.8, 4) is 5.19 Å². The van der Waals surface area contributed by atoms with E-state index in [1.54, 1.807) is 24.3 Å². The first-order valence-corrected chi connectivity index (χ1v) is 8.31. The molecule has 0 aliphatic carbocycles. The van der Waals surface area contributed by atoms with Crippen molar-refractivity contribution in [3.63, 3.8) is 0 Å². The molecular formula is C15H10Cl2N4O2S. The number of rotatable bonds is 5. The number of anilines is 1. The predicted molar refractivity (Wildman–Crippen MR) is 92.9 cm³/mol. The Bertz CT molecular complexity index is 855. The standard InChI is InChI=1S/C15H10Cl2N4O2S/c16-10-5-3-9(4-6-10)8-23-15-21-20-14(24-15)19-13(22)11-2-1-7-18-12(11)17/h1-7H,8H2,(H,19,20,22). The molecule has 0 saturated heterocycles. The van der Waals surface area contributed by atoms with Gasteiger partial charge in [-0.05, 0) is 41.2 Å². The Kier molecular flexibility index (Phi) is 5.24. The zero-order valence-corrected chi connectivity index (χ0v) is 14.4. The van der Waals surface area contributed by atoms with Crippen LogP contribution in [0.5, 0.6) is 5.19 Å². The monoisotopic (exact) mass is 380 g/mol. The second-order valence-corrected chi connectivity index (χ2v) is 6.32. The number of carbonyl (C=O) groups is 1. The number of aromatic nitrogens is 3. The molecule has 122 valence electrons. The van der Waals surface area contributed by atoms with Crippen molar-refractivity contribution in [2.45, 2.75) is 6.61 Å². The molecule has 9 heteroatoms. The van der Waals surface area contributed by atoms with Crippen LogP contribution in [-0.4, -0.2) is 21.1 Å². The van der Waals surface area contributed by atoms with E-state index in [-0.39, 0.29) is 10.7 Å². The van der Waals surface area contributed by atoms with Gasteiger partial charge in [0.25, 0.3) is 11.1 Å². The third-order valence-corrected chi connectivity index (χ3v) is 4.21. The van der Waals surface area contributed by atoms with Crippen LogP contribution in [0.2, 0.25) is 10.2 Å². The van der Waals surface area contributed by atoms with Crippen LogP contribution in [0.1, 0.15) is 15.9 Å². The summed E-state index contributed by atoms with van der Waals surface area (Å²) < 4.78 is 5.54. The van der Waals surface area contributed by atoms with Crippen LogP contribution in [0.4, 0.5) is 5.13 Å². The van der Waals surface area contributed by atoms with Crippen molar-refractivity contribution < 1.29 is 9.53 Å². The second kappa shape index (κ2) is 7.57. The van der Waals surface area contributed by atoms with E-state index in [4.69, 9.17) is 27.9 Å². The quantitative estimate of drug-likeness (QED) is 0.674. The summed E-state index contributed by atoms with van der Waals surface area (Å²) in [4.78, 5) is 16.0. The number of nitrogens with zero attached hydrogens (tertiary/aromatic N) is 3. The summed E-state index contributed by atoms with van der Waals surface area (Å²) >= 11 is 12.8. The van der Waals surface area contributed by atoms with Crippen LogP contribution < -0.4 is 10.1 Å². The van der Waals surface area contributed by atoms with E-state index in [2.05, 4.69) is 20.5 Å². The SMILES string of the molecule is O=C(Nc1nnc(OCc2ccc(Cl)cc2)s1)c1cccnc1Cl. The summed E-state index contributed by atoms with van der Waals surface area (Å²) in [7, 11) is 0. The highest BCUT2D eigenvalue weighted by Gasteiger charge is 2.14. The van der Waals surface area contributed by atoms with Gasteiger partial charge in [-0.15, -0.1) is 5.10 Å². The molecule has 0 spiro atoms. The number of halogens is 2. The molecule has 0 aliphatic rings. The van der Waals surface area contributed by atoms with Crippen molar-refractivity contribution in [3.05, 3.63) is 63.9 Å². The first-order chi connectivity index (χ1) is 11.6. The Labute approximate surface area is 151 Å². The fourth-order valence-electron chi connectivity index (χ4n) is 1.76. The Balaban J connectivity index is 1.60. The number of carbonyl (C=O) groups excluding carboxylic acids is 1. The van der Waals surface area contributed by atoms with E-state index in [0.717, 1.165) is 16.9 Å². The molecule has 2 aromatic heterocycles. The van der Waals surface area contributed by atoms with Crippen LogP contribution >= 0.6 is 34.5 Å². The number of nitrogens with one attached hydrogen (secondary N) is 1. The molecule has 3 aromatic rings. The normalized spacial score (nSPS) is 10.4. The van der Waals surface area contributed by atoms with E-state index in [1.165, 1.54) is 6.20 Å². The number of ether oxygens (including phenoxy) is 1. The first-order valence-electron chi connectivity index (χ1n) is 6.74. The summed E-state index contributed by atoms with van der Waals surface area (Å²) in [5, 5.41) is 11.8. The first kappa shape index (κ1) is 16.6. The largest absolute Gasteiger partial charge is 0.464 e. The molecule has 24 heavy (non-hydrogen) atoms. The molecule has 0 radical (unpaired) electrons. The Morgan fingerprint density at radius 3 is 2.71 bits per heavy atom. The van der Waals surface area contributed by atoms with Crippen LogP contribution in [-0.2, 0) is 6.61 Å². The van der Waals surface area contributed by atoms with E-state index in [0.29, 0.717) is 22.0 Å². The average molecular weight is 381 g/mol. The van der Waals surface area contributed by atoms with Crippen molar-refractivity contribution >= 4 is 45.6 Å². The molecule has 0 unspecified atom stereocenters. The molecule has 2 heterocycles. The van der Waals surface area contributed by atoms with Crippen LogP contribution in [0.3, 0.4) is 0 Å². The summed E-state index contributed by atoms with van der Waals surface area (Å²) in [5.74, 6) is -0.409. The van der Waals surface area contributed by atoms with Gasteiger partial charge in [0, 0.05) is 11.2 Å². The minimum Gasteiger partial charge on any atom is -0.464 e. The summed E-state index contributed by atoms with van der Waals surface area (Å²) in [6, 6.07) is 10.5. The highest BCUT2D eigenvalue weighted by Crippen LogP contribution is 2.24. The van der Waals surface area contributed by atoms with Gasteiger partial charge in [-0.3, -0.25) is 10.1 Å². The smallest absolute Gasteiger partial charge is 0.296 e. The van der Waals surface area contributed by atoms with Gasteiger partial charge in [0.05, 0.1) is 5.56 Å². The third kappa shape index (κ3) is 4.19. The number of hydrogen-bond donors (Lipinski definition) is 1. The van der Waals surface area contributed by atoms with Gasteiger partial charge in [-0.2, -0.15) is 0 Å². The average Bonchev–Trinajstić information content (AvgIpc) is 3.02. The predicted octanol–water partition coefficient (Wildman–Crippen LogP) is 4.07.